The molecule has 0 spiro atoms. The largest absolute Gasteiger partial charge is 0.481 e. The van der Waals surface area contributed by atoms with E-state index in [4.69, 9.17) is 9.84 Å². The third-order valence-corrected chi connectivity index (χ3v) is 2.29. The van der Waals surface area contributed by atoms with Crippen LogP contribution in [0, 0.1) is 5.92 Å². The van der Waals surface area contributed by atoms with Crippen molar-refractivity contribution in [3.63, 3.8) is 0 Å². The van der Waals surface area contributed by atoms with Gasteiger partial charge in [-0.2, -0.15) is 0 Å². The molecule has 13 heavy (non-hydrogen) atoms. The Hall–Kier alpha value is -0.610. The molecular weight excluding hydrogens is 170 g/mol. The quantitative estimate of drug-likeness (QED) is 0.613. The molecule has 0 bridgehead atoms. The van der Waals surface area contributed by atoms with Crippen molar-refractivity contribution >= 4 is 5.97 Å². The lowest BCUT2D eigenvalue weighted by molar-refractivity contribution is -0.138. The molecule has 1 heterocycles. The van der Waals surface area contributed by atoms with E-state index in [1.54, 1.807) is 0 Å². The van der Waals surface area contributed by atoms with Gasteiger partial charge in [-0.15, -0.1) is 0 Å². The Bertz CT molecular complexity index is 166. The minimum absolute atomic E-state index is 0.115. The first-order chi connectivity index (χ1) is 6.22. The third kappa shape index (κ3) is 3.74. The number of hydrogen-bond acceptors (Lipinski definition) is 3. The summed E-state index contributed by atoms with van der Waals surface area (Å²) in [5.41, 5.74) is 0. The van der Waals surface area contributed by atoms with E-state index >= 15 is 0 Å². The number of likely N-dealkylation sites (tertiary alicyclic amines) is 1. The molecule has 1 fully saturated rings. The van der Waals surface area contributed by atoms with Crippen LogP contribution in [-0.4, -0.2) is 48.8 Å². The highest BCUT2D eigenvalue weighted by molar-refractivity contribution is 5.66. The van der Waals surface area contributed by atoms with E-state index in [0.717, 1.165) is 19.6 Å². The minimum Gasteiger partial charge on any atom is -0.481 e. The maximum Gasteiger partial charge on any atom is 0.305 e. The Labute approximate surface area is 78.5 Å². The van der Waals surface area contributed by atoms with Crippen molar-refractivity contribution in [2.45, 2.75) is 13.3 Å². The first-order valence-electron chi connectivity index (χ1n) is 4.74. The van der Waals surface area contributed by atoms with E-state index in [1.165, 1.54) is 0 Å². The highest BCUT2D eigenvalue weighted by Crippen LogP contribution is 2.14. The van der Waals surface area contributed by atoms with E-state index < -0.39 is 5.97 Å². The van der Waals surface area contributed by atoms with Gasteiger partial charge in [-0.25, -0.2) is 0 Å². The molecule has 0 aromatic rings. The molecule has 1 saturated heterocycles. The topological polar surface area (TPSA) is 49.8 Å². The molecule has 1 rings (SSSR count). The van der Waals surface area contributed by atoms with Gasteiger partial charge in [0, 0.05) is 19.0 Å². The van der Waals surface area contributed by atoms with Crippen LogP contribution in [0.4, 0.5) is 0 Å². The zero-order valence-corrected chi connectivity index (χ0v) is 8.03. The van der Waals surface area contributed by atoms with Crippen molar-refractivity contribution in [3.05, 3.63) is 0 Å². The summed E-state index contributed by atoms with van der Waals surface area (Å²) < 4.78 is 5.23. The van der Waals surface area contributed by atoms with Crippen molar-refractivity contribution in [2.24, 2.45) is 5.92 Å². The molecule has 0 aromatic heterocycles. The lowest BCUT2D eigenvalue weighted by atomic mass is 10.0. The van der Waals surface area contributed by atoms with Gasteiger partial charge < -0.3 is 14.7 Å². The van der Waals surface area contributed by atoms with E-state index in [9.17, 15) is 4.79 Å². The minimum atomic E-state index is -0.788. The number of aliphatic carboxylic acids is 1. The Morgan fingerprint density at radius 1 is 1.62 bits per heavy atom. The second-order valence-electron chi connectivity index (χ2n) is 3.44. The Morgan fingerprint density at radius 3 is 2.85 bits per heavy atom. The van der Waals surface area contributed by atoms with Crippen molar-refractivity contribution in [1.29, 1.82) is 0 Å². The molecule has 0 radical (unpaired) electrons. The zero-order valence-electron chi connectivity index (χ0n) is 8.03. The first kappa shape index (κ1) is 10.5. The van der Waals surface area contributed by atoms with Gasteiger partial charge in [0.15, 0.2) is 0 Å². The number of rotatable bonds is 6. The van der Waals surface area contributed by atoms with Crippen LogP contribution in [0.5, 0.6) is 0 Å². The second kappa shape index (κ2) is 5.19. The average molecular weight is 187 g/mol. The molecule has 0 amide bonds. The first-order valence-corrected chi connectivity index (χ1v) is 4.74. The standard InChI is InChI=1S/C9H17NO3/c1-2-10-5-8(6-10)7-13-4-3-9(11)12/h8H,2-7H2,1H3,(H,11,12). The summed E-state index contributed by atoms with van der Waals surface area (Å²) in [6.45, 7) is 6.50. The Morgan fingerprint density at radius 2 is 2.31 bits per heavy atom. The van der Waals surface area contributed by atoms with Gasteiger partial charge in [0.05, 0.1) is 19.6 Å². The molecule has 0 aromatic carbocycles. The SMILES string of the molecule is CCN1CC(COCCC(=O)O)C1. The van der Waals surface area contributed by atoms with Crippen LogP contribution in [-0.2, 0) is 9.53 Å². The summed E-state index contributed by atoms with van der Waals surface area (Å²) in [7, 11) is 0. The summed E-state index contributed by atoms with van der Waals surface area (Å²) >= 11 is 0. The third-order valence-electron chi connectivity index (χ3n) is 2.29. The number of carboxylic acid groups (broad SMARTS) is 1. The number of carbonyl (C=O) groups is 1. The summed E-state index contributed by atoms with van der Waals surface area (Å²) in [5.74, 6) is -0.169. The fraction of sp³-hybridized carbons (Fsp3) is 0.889. The zero-order chi connectivity index (χ0) is 9.68. The van der Waals surface area contributed by atoms with Crippen LogP contribution >= 0.6 is 0 Å². The molecule has 4 heteroatoms. The highest BCUT2D eigenvalue weighted by Gasteiger charge is 2.24. The van der Waals surface area contributed by atoms with Crippen LogP contribution < -0.4 is 0 Å². The fourth-order valence-electron chi connectivity index (χ4n) is 1.45. The molecule has 0 unspecified atom stereocenters. The maximum absolute atomic E-state index is 10.1. The predicted molar refractivity (Wildman–Crippen MR) is 48.7 cm³/mol. The van der Waals surface area contributed by atoms with E-state index in [1.807, 2.05) is 0 Å². The van der Waals surface area contributed by atoms with Crippen molar-refractivity contribution in [3.8, 4) is 0 Å². The summed E-state index contributed by atoms with van der Waals surface area (Å²) in [5, 5.41) is 8.34. The molecule has 0 saturated carbocycles. The van der Waals surface area contributed by atoms with E-state index in [2.05, 4.69) is 11.8 Å². The van der Waals surface area contributed by atoms with E-state index in [0.29, 0.717) is 19.1 Å². The molecule has 1 N–H and O–H groups in total. The van der Waals surface area contributed by atoms with Gasteiger partial charge in [0.2, 0.25) is 0 Å². The maximum atomic E-state index is 10.1. The van der Waals surface area contributed by atoms with Gasteiger partial charge in [0.25, 0.3) is 0 Å². The van der Waals surface area contributed by atoms with Crippen LogP contribution in [0.15, 0.2) is 0 Å². The molecule has 0 aliphatic carbocycles. The second-order valence-corrected chi connectivity index (χ2v) is 3.44. The average Bonchev–Trinajstić information content (AvgIpc) is 2.00. The molecule has 1 aliphatic rings. The Balaban J connectivity index is 1.88. The normalized spacial score (nSPS) is 18.5. The molecular formula is C9H17NO3. The van der Waals surface area contributed by atoms with Crippen molar-refractivity contribution < 1.29 is 14.6 Å². The van der Waals surface area contributed by atoms with Gasteiger partial charge >= 0.3 is 5.97 Å². The van der Waals surface area contributed by atoms with Gasteiger partial charge in [-0.05, 0) is 6.54 Å². The Kier molecular flexibility index (Phi) is 4.18. The van der Waals surface area contributed by atoms with Gasteiger partial charge in [-0.1, -0.05) is 6.92 Å². The number of ether oxygens (including phenoxy) is 1. The lowest BCUT2D eigenvalue weighted by Gasteiger charge is -2.38. The lowest BCUT2D eigenvalue weighted by Crippen LogP contribution is -2.48. The monoisotopic (exact) mass is 187 g/mol. The molecule has 76 valence electrons. The molecule has 0 atom stereocenters. The fourth-order valence-corrected chi connectivity index (χ4v) is 1.45. The summed E-state index contributed by atoms with van der Waals surface area (Å²) in [4.78, 5) is 12.5. The number of hydrogen-bond donors (Lipinski definition) is 1. The van der Waals surface area contributed by atoms with Gasteiger partial charge in [0.1, 0.15) is 0 Å². The molecule has 4 nitrogen and oxygen atoms in total. The van der Waals surface area contributed by atoms with Crippen molar-refractivity contribution in [1.82, 2.24) is 4.90 Å². The summed E-state index contributed by atoms with van der Waals surface area (Å²) in [6, 6.07) is 0. The predicted octanol–water partition coefficient (Wildman–Crippen LogP) is 0.429. The van der Waals surface area contributed by atoms with Crippen molar-refractivity contribution in [2.75, 3.05) is 32.8 Å². The highest BCUT2D eigenvalue weighted by atomic mass is 16.5. The van der Waals surface area contributed by atoms with Gasteiger partial charge in [-0.3, -0.25) is 4.79 Å². The van der Waals surface area contributed by atoms with Crippen LogP contribution in [0.3, 0.4) is 0 Å². The van der Waals surface area contributed by atoms with E-state index in [-0.39, 0.29) is 6.42 Å². The number of nitrogens with zero attached hydrogens (tertiary/aromatic N) is 1. The van der Waals surface area contributed by atoms with Crippen LogP contribution in [0.1, 0.15) is 13.3 Å². The smallest absolute Gasteiger partial charge is 0.305 e. The van der Waals surface area contributed by atoms with Crippen LogP contribution in [0.2, 0.25) is 0 Å². The molecule has 1 aliphatic heterocycles. The van der Waals surface area contributed by atoms with Crippen LogP contribution in [0.25, 0.3) is 0 Å². The summed E-state index contributed by atoms with van der Waals surface area (Å²) in [6.07, 6.45) is 0.115. The number of carboxylic acids is 1.